The molecule has 1 aliphatic rings. The highest BCUT2D eigenvalue weighted by molar-refractivity contribution is 8.00. The Morgan fingerprint density at radius 3 is 2.75 bits per heavy atom. The van der Waals surface area contributed by atoms with E-state index in [-0.39, 0.29) is 5.91 Å². The Hall–Kier alpha value is -2.02. The van der Waals surface area contributed by atoms with Crippen LogP contribution in [0.1, 0.15) is 24.2 Å². The van der Waals surface area contributed by atoms with Crippen LogP contribution in [0.2, 0.25) is 0 Å². The number of amides is 2. The summed E-state index contributed by atoms with van der Waals surface area (Å²) in [6.45, 7) is 2.81. The van der Waals surface area contributed by atoms with Gasteiger partial charge in [-0.3, -0.25) is 9.59 Å². The molecule has 0 fully saturated rings. The maximum Gasteiger partial charge on any atom is 0.328 e. The second kappa shape index (κ2) is 5.16. The van der Waals surface area contributed by atoms with Crippen molar-refractivity contribution in [2.75, 3.05) is 11.1 Å². The van der Waals surface area contributed by atoms with Gasteiger partial charge in [0.1, 0.15) is 5.54 Å². The molecule has 1 heterocycles. The predicted octanol–water partition coefficient (Wildman–Crippen LogP) is 1.32. The summed E-state index contributed by atoms with van der Waals surface area (Å²) in [5.41, 5.74) is -0.474. The highest BCUT2D eigenvalue weighted by Gasteiger charge is 2.29. The van der Waals surface area contributed by atoms with E-state index in [0.29, 0.717) is 17.0 Å². The number of carbonyl (C=O) groups is 3. The number of fused-ring (bicyclic) bond motifs is 1. The zero-order valence-corrected chi connectivity index (χ0v) is 11.8. The fraction of sp³-hybridized carbons (Fsp3) is 0.308. The standard InChI is InChI=1S/C13H14N2O4S/c1-13(2,12(18)19)15-11(17)7-3-4-9-8(5-7)14-10(16)6-20-9/h3-5H,6H2,1-2H3,(H,14,16)(H,15,17)(H,18,19). The molecule has 0 radical (unpaired) electrons. The molecule has 2 amide bonds. The molecular weight excluding hydrogens is 280 g/mol. The Kier molecular flexibility index (Phi) is 3.71. The van der Waals surface area contributed by atoms with E-state index in [1.54, 1.807) is 18.2 Å². The van der Waals surface area contributed by atoms with Crippen LogP contribution < -0.4 is 10.6 Å². The van der Waals surface area contributed by atoms with Gasteiger partial charge in [0.05, 0.1) is 11.4 Å². The molecule has 0 saturated carbocycles. The molecule has 7 heteroatoms. The Morgan fingerprint density at radius 2 is 2.10 bits per heavy atom. The normalized spacial score (nSPS) is 14.2. The number of benzene rings is 1. The van der Waals surface area contributed by atoms with E-state index >= 15 is 0 Å². The summed E-state index contributed by atoms with van der Waals surface area (Å²) in [5.74, 6) is -1.38. The van der Waals surface area contributed by atoms with E-state index in [9.17, 15) is 14.4 Å². The van der Waals surface area contributed by atoms with Gasteiger partial charge in [-0.15, -0.1) is 11.8 Å². The van der Waals surface area contributed by atoms with Crippen LogP contribution >= 0.6 is 11.8 Å². The first kappa shape index (κ1) is 14.4. The molecule has 1 aromatic rings. The van der Waals surface area contributed by atoms with Gasteiger partial charge in [-0.05, 0) is 32.0 Å². The molecule has 0 bridgehead atoms. The SMILES string of the molecule is CC(C)(NC(=O)c1ccc2c(c1)NC(=O)CS2)C(=O)O. The summed E-state index contributed by atoms with van der Waals surface area (Å²) >= 11 is 1.40. The average molecular weight is 294 g/mol. The molecule has 0 atom stereocenters. The molecule has 0 aliphatic carbocycles. The Bertz CT molecular complexity index is 598. The Morgan fingerprint density at radius 1 is 1.40 bits per heavy atom. The van der Waals surface area contributed by atoms with Gasteiger partial charge in [0.2, 0.25) is 5.91 Å². The van der Waals surface area contributed by atoms with Crippen molar-refractivity contribution in [1.29, 1.82) is 0 Å². The minimum atomic E-state index is -1.36. The number of nitrogens with one attached hydrogen (secondary N) is 2. The van der Waals surface area contributed by atoms with Crippen molar-refractivity contribution in [1.82, 2.24) is 5.32 Å². The van der Waals surface area contributed by atoms with Gasteiger partial charge in [-0.1, -0.05) is 0 Å². The number of thioether (sulfide) groups is 1. The second-order valence-corrected chi connectivity index (χ2v) is 5.95. The van der Waals surface area contributed by atoms with Gasteiger partial charge in [0.25, 0.3) is 5.91 Å². The lowest BCUT2D eigenvalue weighted by molar-refractivity contribution is -0.143. The molecule has 1 aliphatic heterocycles. The van der Waals surface area contributed by atoms with Gasteiger partial charge < -0.3 is 15.7 Å². The first-order chi connectivity index (χ1) is 9.29. The number of anilines is 1. The maximum atomic E-state index is 12.0. The van der Waals surface area contributed by atoms with Crippen molar-refractivity contribution >= 4 is 35.2 Å². The molecule has 0 unspecified atom stereocenters. The number of carboxylic acid groups (broad SMARTS) is 1. The zero-order chi connectivity index (χ0) is 14.9. The highest BCUT2D eigenvalue weighted by Crippen LogP contribution is 2.32. The molecule has 106 valence electrons. The number of hydrogen-bond acceptors (Lipinski definition) is 4. The summed E-state index contributed by atoms with van der Waals surface area (Å²) in [6, 6.07) is 4.89. The van der Waals surface area contributed by atoms with Crippen molar-refractivity contribution < 1.29 is 19.5 Å². The van der Waals surface area contributed by atoms with E-state index in [2.05, 4.69) is 10.6 Å². The van der Waals surface area contributed by atoms with E-state index in [1.165, 1.54) is 25.6 Å². The van der Waals surface area contributed by atoms with E-state index in [4.69, 9.17) is 5.11 Å². The van der Waals surface area contributed by atoms with Crippen LogP contribution in [-0.4, -0.2) is 34.2 Å². The van der Waals surface area contributed by atoms with Gasteiger partial charge >= 0.3 is 5.97 Å². The van der Waals surface area contributed by atoms with Crippen molar-refractivity contribution in [3.8, 4) is 0 Å². The lowest BCUT2D eigenvalue weighted by atomic mass is 10.0. The fourth-order valence-electron chi connectivity index (χ4n) is 1.63. The number of carbonyl (C=O) groups excluding carboxylic acids is 2. The van der Waals surface area contributed by atoms with Gasteiger partial charge in [-0.25, -0.2) is 4.79 Å². The second-order valence-electron chi connectivity index (χ2n) is 4.93. The van der Waals surface area contributed by atoms with Crippen LogP contribution in [0.25, 0.3) is 0 Å². The fourth-order valence-corrected chi connectivity index (χ4v) is 2.42. The summed E-state index contributed by atoms with van der Waals surface area (Å²) in [4.78, 5) is 35.2. The first-order valence-corrected chi connectivity index (χ1v) is 6.91. The van der Waals surface area contributed by atoms with Crippen LogP contribution in [0.4, 0.5) is 5.69 Å². The average Bonchev–Trinajstić information content (AvgIpc) is 2.37. The summed E-state index contributed by atoms with van der Waals surface area (Å²) in [5, 5.41) is 14.1. The van der Waals surface area contributed by atoms with Crippen LogP contribution in [0.5, 0.6) is 0 Å². The van der Waals surface area contributed by atoms with Crippen molar-refractivity contribution in [3.05, 3.63) is 23.8 Å². The largest absolute Gasteiger partial charge is 0.480 e. The summed E-state index contributed by atoms with van der Waals surface area (Å²) in [6.07, 6.45) is 0. The number of carboxylic acids is 1. The molecule has 2 rings (SSSR count). The van der Waals surface area contributed by atoms with Gasteiger partial charge in [0.15, 0.2) is 0 Å². The lowest BCUT2D eigenvalue weighted by Crippen LogP contribution is -2.49. The quantitative estimate of drug-likeness (QED) is 0.781. The number of hydrogen-bond donors (Lipinski definition) is 3. The van der Waals surface area contributed by atoms with Crippen molar-refractivity contribution in [2.45, 2.75) is 24.3 Å². The van der Waals surface area contributed by atoms with E-state index in [1.807, 2.05) is 0 Å². The molecule has 1 aromatic carbocycles. The molecule has 3 N–H and O–H groups in total. The molecule has 0 spiro atoms. The zero-order valence-electron chi connectivity index (χ0n) is 11.0. The van der Waals surface area contributed by atoms with Crippen LogP contribution in [-0.2, 0) is 9.59 Å². The van der Waals surface area contributed by atoms with Crippen molar-refractivity contribution in [3.63, 3.8) is 0 Å². The number of aliphatic carboxylic acids is 1. The van der Waals surface area contributed by atoms with Gasteiger partial charge in [0, 0.05) is 10.5 Å². The monoisotopic (exact) mass is 294 g/mol. The smallest absolute Gasteiger partial charge is 0.328 e. The summed E-state index contributed by atoms with van der Waals surface area (Å²) < 4.78 is 0. The minimum absolute atomic E-state index is 0.120. The third-order valence-electron chi connectivity index (χ3n) is 2.84. The van der Waals surface area contributed by atoms with Crippen molar-refractivity contribution in [2.24, 2.45) is 0 Å². The number of rotatable bonds is 3. The van der Waals surface area contributed by atoms with Crippen LogP contribution in [0.15, 0.2) is 23.1 Å². The lowest BCUT2D eigenvalue weighted by Gasteiger charge is -2.22. The third-order valence-corrected chi connectivity index (χ3v) is 3.91. The Labute approximate surface area is 119 Å². The van der Waals surface area contributed by atoms with Crippen LogP contribution in [0, 0.1) is 0 Å². The van der Waals surface area contributed by atoms with Crippen LogP contribution in [0.3, 0.4) is 0 Å². The maximum absolute atomic E-state index is 12.0. The first-order valence-electron chi connectivity index (χ1n) is 5.92. The molecular formula is C13H14N2O4S. The van der Waals surface area contributed by atoms with E-state index in [0.717, 1.165) is 4.90 Å². The molecule has 20 heavy (non-hydrogen) atoms. The Balaban J connectivity index is 2.21. The summed E-state index contributed by atoms with van der Waals surface area (Å²) in [7, 11) is 0. The molecule has 6 nitrogen and oxygen atoms in total. The molecule has 0 saturated heterocycles. The minimum Gasteiger partial charge on any atom is -0.480 e. The third kappa shape index (κ3) is 2.93. The van der Waals surface area contributed by atoms with Gasteiger partial charge in [-0.2, -0.15) is 0 Å². The topological polar surface area (TPSA) is 95.5 Å². The highest BCUT2D eigenvalue weighted by atomic mass is 32.2. The molecule has 0 aromatic heterocycles. The van der Waals surface area contributed by atoms with E-state index < -0.39 is 17.4 Å². The predicted molar refractivity (Wildman–Crippen MR) is 75.0 cm³/mol.